The van der Waals surface area contributed by atoms with Gasteiger partial charge in [-0.25, -0.2) is 0 Å². The molecule has 0 aliphatic heterocycles. The van der Waals surface area contributed by atoms with Crippen LogP contribution in [0, 0.1) is 0 Å². The lowest BCUT2D eigenvalue weighted by Gasteiger charge is -1.59. The summed E-state index contributed by atoms with van der Waals surface area (Å²) in [5.74, 6) is 0. The van der Waals surface area contributed by atoms with Crippen molar-refractivity contribution in [2.45, 2.75) is 0 Å². The quantitative estimate of drug-likeness (QED) is 0.606. The Morgan fingerprint density at radius 2 is 2.29 bits per heavy atom. The summed E-state index contributed by atoms with van der Waals surface area (Å²) in [5, 5.41) is 16.4. The molecule has 0 saturated carbocycles. The van der Waals surface area contributed by atoms with Gasteiger partial charge in [-0.1, -0.05) is 5.10 Å². The van der Waals surface area contributed by atoms with E-state index < -0.39 is 0 Å². The SMILES string of the molecule is [O]c1nnc(Br)s1. The highest BCUT2D eigenvalue weighted by Crippen LogP contribution is 2.20. The molecule has 0 aliphatic rings. The van der Waals surface area contributed by atoms with Gasteiger partial charge in [0, 0.05) is 0 Å². The Labute approximate surface area is 52.1 Å². The van der Waals surface area contributed by atoms with E-state index in [1.54, 1.807) is 0 Å². The first-order valence-corrected chi connectivity index (χ1v) is 3.06. The molecule has 1 aromatic rings. The molecule has 1 radical (unpaired) electrons. The zero-order valence-corrected chi connectivity index (χ0v) is 5.49. The van der Waals surface area contributed by atoms with Crippen molar-refractivity contribution in [3.05, 3.63) is 3.92 Å². The maximum absolute atomic E-state index is 10.1. The number of rotatable bonds is 0. The third-order valence-corrected chi connectivity index (χ3v) is 1.53. The molecule has 0 spiro atoms. The van der Waals surface area contributed by atoms with Gasteiger partial charge in [-0.15, -0.1) is 5.10 Å². The highest BCUT2D eigenvalue weighted by atomic mass is 79.9. The predicted molar refractivity (Wildman–Crippen MR) is 27.7 cm³/mol. The lowest BCUT2D eigenvalue weighted by molar-refractivity contribution is 0.348. The lowest BCUT2D eigenvalue weighted by Crippen LogP contribution is -1.60. The van der Waals surface area contributed by atoms with E-state index in [0.29, 0.717) is 3.92 Å². The van der Waals surface area contributed by atoms with Crippen LogP contribution in [0.5, 0.6) is 5.19 Å². The molecular weight excluding hydrogens is 180 g/mol. The Balaban J connectivity index is 3.04. The molecule has 0 aromatic carbocycles. The van der Waals surface area contributed by atoms with Crippen LogP contribution in [0.3, 0.4) is 0 Å². The van der Waals surface area contributed by atoms with Crippen LogP contribution in [0.15, 0.2) is 3.92 Å². The summed E-state index contributed by atoms with van der Waals surface area (Å²) in [7, 11) is 0. The Morgan fingerprint density at radius 3 is 2.43 bits per heavy atom. The number of hydrogen-bond donors (Lipinski definition) is 0. The van der Waals surface area contributed by atoms with E-state index >= 15 is 0 Å². The molecule has 37 valence electrons. The molecule has 0 saturated heterocycles. The second-order valence-electron chi connectivity index (χ2n) is 0.821. The summed E-state index contributed by atoms with van der Waals surface area (Å²) in [6.07, 6.45) is 0. The van der Waals surface area contributed by atoms with Crippen LogP contribution in [0.2, 0.25) is 0 Å². The summed E-state index contributed by atoms with van der Waals surface area (Å²) in [6.45, 7) is 0. The van der Waals surface area contributed by atoms with Crippen molar-refractivity contribution in [1.29, 1.82) is 0 Å². The fourth-order valence-corrected chi connectivity index (χ4v) is 0.995. The molecule has 1 heterocycles. The van der Waals surface area contributed by atoms with Crippen LogP contribution in [0.4, 0.5) is 0 Å². The topological polar surface area (TPSA) is 45.7 Å². The second kappa shape index (κ2) is 1.75. The van der Waals surface area contributed by atoms with Gasteiger partial charge in [0.2, 0.25) is 0 Å². The maximum atomic E-state index is 10.1. The first kappa shape index (κ1) is 4.99. The first-order chi connectivity index (χ1) is 3.29. The largest absolute Gasteiger partial charge is 0.347 e. The van der Waals surface area contributed by atoms with Crippen LogP contribution in [0.25, 0.3) is 0 Å². The molecule has 0 N–H and O–H groups in total. The van der Waals surface area contributed by atoms with E-state index in [-0.39, 0.29) is 5.19 Å². The van der Waals surface area contributed by atoms with Crippen molar-refractivity contribution in [3.8, 4) is 5.19 Å². The maximum Gasteiger partial charge on any atom is 0.347 e. The Morgan fingerprint density at radius 1 is 1.57 bits per heavy atom. The molecule has 0 fully saturated rings. The summed E-state index contributed by atoms with van der Waals surface area (Å²) in [4.78, 5) is 0. The number of halogens is 1. The zero-order chi connectivity index (χ0) is 5.28. The van der Waals surface area contributed by atoms with E-state index in [4.69, 9.17) is 0 Å². The second-order valence-corrected chi connectivity index (χ2v) is 3.04. The van der Waals surface area contributed by atoms with Gasteiger partial charge in [0.25, 0.3) is 0 Å². The van der Waals surface area contributed by atoms with Crippen LogP contribution in [0.1, 0.15) is 0 Å². The van der Waals surface area contributed by atoms with Gasteiger partial charge in [0.05, 0.1) is 0 Å². The monoisotopic (exact) mass is 179 g/mol. The minimum absolute atomic E-state index is 0.258. The average Bonchev–Trinajstić information content (AvgIpc) is 1.87. The molecular formula is C2BrN2OS. The number of nitrogens with zero attached hydrogens (tertiary/aromatic N) is 2. The predicted octanol–water partition coefficient (Wildman–Crippen LogP) is 1.44. The van der Waals surface area contributed by atoms with Gasteiger partial charge >= 0.3 is 5.19 Å². The third-order valence-electron chi connectivity index (χ3n) is 0.382. The fraction of sp³-hybridized carbons (Fsp3) is 0. The van der Waals surface area contributed by atoms with Crippen molar-refractivity contribution < 1.29 is 5.11 Å². The summed E-state index contributed by atoms with van der Waals surface area (Å²) < 4.78 is 0.539. The van der Waals surface area contributed by atoms with Crippen molar-refractivity contribution in [3.63, 3.8) is 0 Å². The molecule has 0 amide bonds. The van der Waals surface area contributed by atoms with Gasteiger partial charge in [0.15, 0.2) is 3.92 Å². The molecule has 0 unspecified atom stereocenters. The van der Waals surface area contributed by atoms with Gasteiger partial charge in [-0.3, -0.25) is 5.11 Å². The van der Waals surface area contributed by atoms with Gasteiger partial charge in [-0.2, -0.15) is 0 Å². The fourth-order valence-electron chi connectivity index (χ4n) is 0.193. The van der Waals surface area contributed by atoms with E-state index in [2.05, 4.69) is 26.1 Å². The average molecular weight is 180 g/mol. The van der Waals surface area contributed by atoms with E-state index in [1.165, 1.54) is 0 Å². The Kier molecular flexibility index (Phi) is 1.25. The Hall–Kier alpha value is -0.160. The van der Waals surface area contributed by atoms with Gasteiger partial charge < -0.3 is 0 Å². The standard InChI is InChI=1S/C2BrN2OS/c3-1-4-5-2(6)7-1. The van der Waals surface area contributed by atoms with Crippen LogP contribution in [-0.4, -0.2) is 10.2 Å². The van der Waals surface area contributed by atoms with Crippen LogP contribution < -0.4 is 0 Å². The highest BCUT2D eigenvalue weighted by Gasteiger charge is 1.96. The minimum Gasteiger partial charge on any atom is -0.253 e. The molecule has 0 bridgehead atoms. The summed E-state index contributed by atoms with van der Waals surface area (Å²) >= 11 is 3.96. The molecule has 3 nitrogen and oxygen atoms in total. The molecule has 0 aliphatic carbocycles. The smallest absolute Gasteiger partial charge is 0.253 e. The molecule has 0 atom stereocenters. The van der Waals surface area contributed by atoms with Crippen molar-refractivity contribution >= 4 is 27.3 Å². The molecule has 7 heavy (non-hydrogen) atoms. The van der Waals surface area contributed by atoms with Gasteiger partial charge in [0.1, 0.15) is 0 Å². The van der Waals surface area contributed by atoms with Crippen molar-refractivity contribution in [2.24, 2.45) is 0 Å². The molecule has 1 aromatic heterocycles. The van der Waals surface area contributed by atoms with E-state index in [0.717, 1.165) is 11.3 Å². The van der Waals surface area contributed by atoms with Crippen molar-refractivity contribution in [1.82, 2.24) is 10.2 Å². The lowest BCUT2D eigenvalue weighted by atomic mass is 11.5. The summed E-state index contributed by atoms with van der Waals surface area (Å²) in [6, 6.07) is 0. The Bertz CT molecular complexity index is 148. The first-order valence-electron chi connectivity index (χ1n) is 1.45. The zero-order valence-electron chi connectivity index (χ0n) is 3.09. The number of aromatic nitrogens is 2. The minimum atomic E-state index is -0.258. The van der Waals surface area contributed by atoms with E-state index in [9.17, 15) is 5.11 Å². The normalized spacial score (nSPS) is 9.29. The van der Waals surface area contributed by atoms with Gasteiger partial charge in [-0.05, 0) is 27.3 Å². The number of hydrogen-bond acceptors (Lipinski definition) is 3. The van der Waals surface area contributed by atoms with Crippen LogP contribution >= 0.6 is 27.3 Å². The highest BCUT2D eigenvalue weighted by molar-refractivity contribution is 9.11. The van der Waals surface area contributed by atoms with Crippen LogP contribution in [-0.2, 0) is 5.11 Å². The summed E-state index contributed by atoms with van der Waals surface area (Å²) in [5.41, 5.74) is 0. The molecule has 5 heteroatoms. The third kappa shape index (κ3) is 1.10. The molecule has 1 rings (SSSR count). The van der Waals surface area contributed by atoms with Crippen molar-refractivity contribution in [2.75, 3.05) is 0 Å². The van der Waals surface area contributed by atoms with E-state index in [1.807, 2.05) is 0 Å².